The quantitative estimate of drug-likeness (QED) is 0.584. The smallest absolute Gasteiger partial charge is 0.220 e. The third-order valence-electron chi connectivity index (χ3n) is 4.38. The highest BCUT2D eigenvalue weighted by molar-refractivity contribution is 5.79. The number of hydrogen-bond donors (Lipinski definition) is 1. The summed E-state index contributed by atoms with van der Waals surface area (Å²) in [7, 11) is 0. The van der Waals surface area contributed by atoms with Crippen LogP contribution in [0.25, 0.3) is 10.9 Å². The minimum absolute atomic E-state index is 0.0928. The van der Waals surface area contributed by atoms with Crippen molar-refractivity contribution in [1.82, 2.24) is 9.88 Å². The lowest BCUT2D eigenvalue weighted by Gasteiger charge is -2.08. The molecule has 0 spiro atoms. The molecule has 4 heteroatoms. The van der Waals surface area contributed by atoms with Gasteiger partial charge in [-0.05, 0) is 55.0 Å². The number of hydrogen-bond acceptors (Lipinski definition) is 2. The number of rotatable bonds is 9. The van der Waals surface area contributed by atoms with Gasteiger partial charge in [0.2, 0.25) is 5.91 Å². The zero-order valence-corrected chi connectivity index (χ0v) is 15.3. The molecular formula is C22H26N2O2. The number of nitrogens with zero attached hydrogens (tertiary/aromatic N) is 1. The van der Waals surface area contributed by atoms with Crippen molar-refractivity contribution in [3.63, 3.8) is 0 Å². The van der Waals surface area contributed by atoms with Gasteiger partial charge < -0.3 is 14.6 Å². The molecule has 136 valence electrons. The molecule has 0 aliphatic carbocycles. The number of aromatic nitrogens is 1. The molecule has 3 aromatic rings. The molecule has 0 aliphatic heterocycles. The van der Waals surface area contributed by atoms with E-state index in [0.717, 1.165) is 25.1 Å². The van der Waals surface area contributed by atoms with Crippen molar-refractivity contribution in [2.24, 2.45) is 0 Å². The van der Waals surface area contributed by atoms with Crippen molar-refractivity contribution in [3.8, 4) is 5.75 Å². The van der Waals surface area contributed by atoms with Crippen LogP contribution in [0, 0.1) is 6.92 Å². The fourth-order valence-corrected chi connectivity index (χ4v) is 3.03. The highest BCUT2D eigenvalue weighted by atomic mass is 16.5. The maximum atomic E-state index is 11.9. The van der Waals surface area contributed by atoms with Crippen molar-refractivity contribution >= 4 is 16.8 Å². The fraction of sp³-hybridized carbons (Fsp3) is 0.318. The Morgan fingerprint density at radius 1 is 1.08 bits per heavy atom. The number of nitrogens with one attached hydrogen (secondary N) is 1. The van der Waals surface area contributed by atoms with Gasteiger partial charge in [-0.2, -0.15) is 0 Å². The standard InChI is InChI=1S/C22H26N2O2/c1-18-7-4-9-20(17-18)26-16-5-11-22(25)23-13-6-14-24-15-12-19-8-2-3-10-21(19)24/h2-4,7-10,12,15,17H,5-6,11,13-14,16H2,1H3,(H,23,25). The van der Waals surface area contributed by atoms with Crippen molar-refractivity contribution in [1.29, 1.82) is 0 Å². The van der Waals surface area contributed by atoms with Gasteiger partial charge in [0.05, 0.1) is 6.61 Å². The summed E-state index contributed by atoms with van der Waals surface area (Å²) in [6.07, 6.45) is 4.25. The number of carbonyl (C=O) groups is 1. The first-order valence-corrected chi connectivity index (χ1v) is 9.22. The molecule has 0 atom stereocenters. The third kappa shape index (κ3) is 5.12. The summed E-state index contributed by atoms with van der Waals surface area (Å²) in [6, 6.07) is 18.4. The SMILES string of the molecule is Cc1cccc(OCCCC(=O)NCCCn2ccc3ccccc32)c1. The Bertz CT molecular complexity index is 854. The molecule has 0 saturated carbocycles. The first-order valence-electron chi connectivity index (χ1n) is 9.22. The number of para-hydroxylation sites is 1. The molecule has 1 heterocycles. The lowest BCUT2D eigenvalue weighted by Crippen LogP contribution is -2.25. The second-order valence-corrected chi connectivity index (χ2v) is 6.54. The Morgan fingerprint density at radius 3 is 2.85 bits per heavy atom. The Labute approximate surface area is 154 Å². The average Bonchev–Trinajstić information content (AvgIpc) is 3.06. The highest BCUT2D eigenvalue weighted by Gasteiger charge is 2.03. The highest BCUT2D eigenvalue weighted by Crippen LogP contribution is 2.15. The van der Waals surface area contributed by atoms with Gasteiger partial charge in [-0.1, -0.05) is 30.3 Å². The molecule has 0 fully saturated rings. The molecular weight excluding hydrogens is 324 g/mol. The summed E-state index contributed by atoms with van der Waals surface area (Å²) in [4.78, 5) is 11.9. The fourth-order valence-electron chi connectivity index (χ4n) is 3.03. The van der Waals surface area contributed by atoms with Crippen molar-refractivity contribution < 1.29 is 9.53 Å². The molecule has 4 nitrogen and oxygen atoms in total. The number of carbonyl (C=O) groups excluding carboxylic acids is 1. The van der Waals surface area contributed by atoms with Crippen molar-refractivity contribution in [3.05, 3.63) is 66.4 Å². The van der Waals surface area contributed by atoms with E-state index in [2.05, 4.69) is 46.4 Å². The third-order valence-corrected chi connectivity index (χ3v) is 4.38. The predicted molar refractivity (Wildman–Crippen MR) is 105 cm³/mol. The van der Waals surface area contributed by atoms with Gasteiger partial charge in [0, 0.05) is 31.2 Å². The zero-order valence-electron chi connectivity index (χ0n) is 15.3. The summed E-state index contributed by atoms with van der Waals surface area (Å²) in [5, 5.41) is 4.25. The van der Waals surface area contributed by atoms with E-state index in [4.69, 9.17) is 4.74 Å². The molecule has 0 aliphatic rings. The van der Waals surface area contributed by atoms with E-state index in [0.29, 0.717) is 19.6 Å². The van der Waals surface area contributed by atoms with Crippen molar-refractivity contribution in [2.45, 2.75) is 32.7 Å². The molecule has 2 aromatic carbocycles. The Balaban J connectivity index is 1.29. The second kappa shape index (κ2) is 9.09. The molecule has 3 rings (SSSR count). The van der Waals surface area contributed by atoms with E-state index in [9.17, 15) is 4.79 Å². The van der Waals surface area contributed by atoms with E-state index in [1.54, 1.807) is 0 Å². The maximum absolute atomic E-state index is 11.9. The van der Waals surface area contributed by atoms with E-state index in [-0.39, 0.29) is 5.91 Å². The van der Waals surface area contributed by atoms with Crippen LogP contribution in [0.4, 0.5) is 0 Å². The van der Waals surface area contributed by atoms with Gasteiger partial charge in [-0.15, -0.1) is 0 Å². The van der Waals surface area contributed by atoms with E-state index >= 15 is 0 Å². The summed E-state index contributed by atoms with van der Waals surface area (Å²) in [5.74, 6) is 0.958. The topological polar surface area (TPSA) is 43.3 Å². The van der Waals surface area contributed by atoms with Crippen LogP contribution in [0.1, 0.15) is 24.8 Å². The summed E-state index contributed by atoms with van der Waals surface area (Å²) in [5.41, 5.74) is 2.42. The Hall–Kier alpha value is -2.75. The van der Waals surface area contributed by atoms with Crippen LogP contribution < -0.4 is 10.1 Å². The first kappa shape index (κ1) is 18.1. The number of benzene rings is 2. The summed E-state index contributed by atoms with van der Waals surface area (Å²) < 4.78 is 7.90. The first-order chi connectivity index (χ1) is 12.7. The zero-order chi connectivity index (χ0) is 18.2. The van der Waals surface area contributed by atoms with Crippen LogP contribution in [0.3, 0.4) is 0 Å². The van der Waals surface area contributed by atoms with Gasteiger partial charge in [-0.3, -0.25) is 4.79 Å². The van der Waals surface area contributed by atoms with Gasteiger partial charge in [0.15, 0.2) is 0 Å². The minimum Gasteiger partial charge on any atom is -0.494 e. The second-order valence-electron chi connectivity index (χ2n) is 6.54. The van der Waals surface area contributed by atoms with Crippen LogP contribution in [0.2, 0.25) is 0 Å². The predicted octanol–water partition coefficient (Wildman–Crippen LogP) is 4.32. The van der Waals surface area contributed by atoms with Crippen LogP contribution >= 0.6 is 0 Å². The lowest BCUT2D eigenvalue weighted by molar-refractivity contribution is -0.121. The summed E-state index contributed by atoms with van der Waals surface area (Å²) in [6.45, 7) is 4.21. The van der Waals surface area contributed by atoms with Crippen LogP contribution in [0.15, 0.2) is 60.8 Å². The minimum atomic E-state index is 0.0928. The van der Waals surface area contributed by atoms with Gasteiger partial charge >= 0.3 is 0 Å². The number of amides is 1. The molecule has 1 amide bonds. The van der Waals surface area contributed by atoms with E-state index < -0.39 is 0 Å². The van der Waals surface area contributed by atoms with Gasteiger partial charge in [-0.25, -0.2) is 0 Å². The van der Waals surface area contributed by atoms with Crippen LogP contribution in [0.5, 0.6) is 5.75 Å². The van der Waals surface area contributed by atoms with Crippen LogP contribution in [-0.2, 0) is 11.3 Å². The molecule has 0 radical (unpaired) electrons. The monoisotopic (exact) mass is 350 g/mol. The molecule has 26 heavy (non-hydrogen) atoms. The summed E-state index contributed by atoms with van der Waals surface area (Å²) >= 11 is 0. The molecule has 1 N–H and O–H groups in total. The van der Waals surface area contributed by atoms with Gasteiger partial charge in [0.1, 0.15) is 5.75 Å². The number of fused-ring (bicyclic) bond motifs is 1. The number of aryl methyl sites for hydroxylation is 2. The molecule has 1 aromatic heterocycles. The Kier molecular flexibility index (Phi) is 6.31. The average molecular weight is 350 g/mol. The van der Waals surface area contributed by atoms with E-state index in [1.807, 2.05) is 31.2 Å². The Morgan fingerprint density at radius 2 is 1.96 bits per heavy atom. The molecule has 0 unspecified atom stereocenters. The molecule has 0 saturated heterocycles. The van der Waals surface area contributed by atoms with Gasteiger partial charge in [0.25, 0.3) is 0 Å². The molecule has 0 bridgehead atoms. The van der Waals surface area contributed by atoms with E-state index in [1.165, 1.54) is 16.5 Å². The van der Waals surface area contributed by atoms with Crippen molar-refractivity contribution in [2.75, 3.05) is 13.2 Å². The largest absolute Gasteiger partial charge is 0.494 e. The number of ether oxygens (including phenoxy) is 1. The normalized spacial score (nSPS) is 10.8. The van der Waals surface area contributed by atoms with Crippen LogP contribution in [-0.4, -0.2) is 23.6 Å². The lowest BCUT2D eigenvalue weighted by atomic mass is 10.2. The maximum Gasteiger partial charge on any atom is 0.220 e.